The Bertz CT molecular complexity index is 131. The van der Waals surface area contributed by atoms with Crippen molar-refractivity contribution >= 4 is 0 Å². The van der Waals surface area contributed by atoms with Crippen LogP contribution in [0.5, 0.6) is 0 Å². The van der Waals surface area contributed by atoms with E-state index >= 15 is 0 Å². The molecule has 17 heavy (non-hydrogen) atoms. The van der Waals surface area contributed by atoms with Gasteiger partial charge in [-0.05, 0) is 5.92 Å². The zero-order valence-electron chi connectivity index (χ0n) is 11.2. The van der Waals surface area contributed by atoms with E-state index in [9.17, 15) is 0 Å². The quantitative estimate of drug-likeness (QED) is 0.494. The van der Waals surface area contributed by atoms with Crippen LogP contribution in [0.1, 0.15) is 33.6 Å². The lowest BCUT2D eigenvalue weighted by Gasteiger charge is -2.10. The van der Waals surface area contributed by atoms with E-state index in [2.05, 4.69) is 20.8 Å². The average molecular weight is 252 g/mol. The lowest BCUT2D eigenvalue weighted by atomic mass is 10.1. The number of aliphatic hydroxyl groups is 4. The zero-order chi connectivity index (χ0) is 13.7. The molecule has 0 aliphatic heterocycles. The highest BCUT2D eigenvalue weighted by molar-refractivity contribution is 4.52. The van der Waals surface area contributed by atoms with Crippen LogP contribution >= 0.6 is 0 Å². The van der Waals surface area contributed by atoms with Gasteiger partial charge in [-0.1, -0.05) is 33.6 Å². The summed E-state index contributed by atoms with van der Waals surface area (Å²) in [4.78, 5) is 0. The van der Waals surface area contributed by atoms with E-state index in [-0.39, 0.29) is 26.4 Å². The van der Waals surface area contributed by atoms with Crippen LogP contribution in [0.25, 0.3) is 0 Å². The van der Waals surface area contributed by atoms with Crippen LogP contribution in [-0.4, -0.2) is 59.1 Å². The highest BCUT2D eigenvalue weighted by Gasteiger charge is 2.04. The fourth-order valence-electron chi connectivity index (χ4n) is 1.02. The lowest BCUT2D eigenvalue weighted by Crippen LogP contribution is -2.25. The van der Waals surface area contributed by atoms with Crippen molar-refractivity contribution in [1.29, 1.82) is 0 Å². The molecule has 0 fully saturated rings. The van der Waals surface area contributed by atoms with Crippen LogP contribution < -0.4 is 0 Å². The SMILES string of the molecule is CCCC(C)C.OCC(O)COCC(O)CO. The van der Waals surface area contributed by atoms with Gasteiger partial charge < -0.3 is 25.2 Å². The predicted molar refractivity (Wildman–Crippen MR) is 66.8 cm³/mol. The molecule has 5 nitrogen and oxygen atoms in total. The summed E-state index contributed by atoms with van der Waals surface area (Å²) in [6, 6.07) is 0. The Hall–Kier alpha value is -0.200. The molecule has 0 radical (unpaired) electrons. The summed E-state index contributed by atoms with van der Waals surface area (Å²) < 4.78 is 4.72. The fraction of sp³-hybridized carbons (Fsp3) is 1.00. The number of hydrogen-bond acceptors (Lipinski definition) is 5. The smallest absolute Gasteiger partial charge is 0.100 e. The van der Waals surface area contributed by atoms with E-state index in [1.165, 1.54) is 12.8 Å². The van der Waals surface area contributed by atoms with E-state index in [0.717, 1.165) is 5.92 Å². The second-order valence-electron chi connectivity index (χ2n) is 4.39. The average Bonchev–Trinajstić information content (AvgIpc) is 2.29. The Morgan fingerprint density at radius 3 is 1.53 bits per heavy atom. The molecular formula is C12H28O5. The maximum absolute atomic E-state index is 8.72. The first-order chi connectivity index (χ1) is 7.97. The third-order valence-electron chi connectivity index (χ3n) is 1.91. The Balaban J connectivity index is 0. The van der Waals surface area contributed by atoms with E-state index < -0.39 is 12.2 Å². The Morgan fingerprint density at radius 2 is 1.35 bits per heavy atom. The number of rotatable bonds is 8. The summed E-state index contributed by atoms with van der Waals surface area (Å²) in [6.07, 6.45) is 0.874. The highest BCUT2D eigenvalue weighted by atomic mass is 16.5. The van der Waals surface area contributed by atoms with Gasteiger partial charge in [0.25, 0.3) is 0 Å². The first-order valence-corrected chi connectivity index (χ1v) is 6.13. The minimum Gasteiger partial charge on any atom is -0.394 e. The maximum Gasteiger partial charge on any atom is 0.100 e. The van der Waals surface area contributed by atoms with E-state index in [0.29, 0.717) is 0 Å². The first-order valence-electron chi connectivity index (χ1n) is 6.13. The molecule has 106 valence electrons. The number of aliphatic hydroxyl groups excluding tert-OH is 4. The monoisotopic (exact) mass is 252 g/mol. The summed E-state index contributed by atoms with van der Waals surface area (Å²) in [6.45, 7) is 5.93. The van der Waals surface area contributed by atoms with Gasteiger partial charge in [-0.3, -0.25) is 0 Å². The lowest BCUT2D eigenvalue weighted by molar-refractivity contribution is -0.0364. The fourth-order valence-corrected chi connectivity index (χ4v) is 1.02. The Morgan fingerprint density at radius 1 is 0.941 bits per heavy atom. The van der Waals surface area contributed by atoms with Gasteiger partial charge in [0.15, 0.2) is 0 Å². The van der Waals surface area contributed by atoms with Gasteiger partial charge in [0.05, 0.1) is 26.4 Å². The van der Waals surface area contributed by atoms with Crippen molar-refractivity contribution in [1.82, 2.24) is 0 Å². The molecule has 0 aliphatic carbocycles. The van der Waals surface area contributed by atoms with Crippen LogP contribution in [0, 0.1) is 5.92 Å². The molecule has 4 N–H and O–H groups in total. The molecule has 0 rings (SSSR count). The maximum atomic E-state index is 8.72. The van der Waals surface area contributed by atoms with Gasteiger partial charge in [-0.25, -0.2) is 0 Å². The van der Waals surface area contributed by atoms with Crippen LogP contribution in [0.2, 0.25) is 0 Å². The van der Waals surface area contributed by atoms with Gasteiger partial charge in [0, 0.05) is 0 Å². The van der Waals surface area contributed by atoms with Crippen molar-refractivity contribution in [2.24, 2.45) is 5.92 Å². The van der Waals surface area contributed by atoms with Crippen molar-refractivity contribution in [3.63, 3.8) is 0 Å². The minimum atomic E-state index is -0.916. The summed E-state index contributed by atoms with van der Waals surface area (Å²) in [7, 11) is 0. The molecule has 0 amide bonds. The molecule has 5 heteroatoms. The number of hydrogen-bond donors (Lipinski definition) is 4. The normalized spacial score (nSPS) is 14.1. The predicted octanol–water partition coefficient (Wildman–Crippen LogP) is 0.152. The molecule has 0 aliphatic rings. The molecule has 0 heterocycles. The molecule has 0 aromatic heterocycles. The van der Waals surface area contributed by atoms with Crippen molar-refractivity contribution in [3.8, 4) is 0 Å². The highest BCUT2D eigenvalue weighted by Crippen LogP contribution is 2.00. The topological polar surface area (TPSA) is 90.2 Å². The molecular weight excluding hydrogens is 224 g/mol. The molecule has 0 bridgehead atoms. The summed E-state index contributed by atoms with van der Waals surface area (Å²) in [5.41, 5.74) is 0. The van der Waals surface area contributed by atoms with Crippen LogP contribution in [0.15, 0.2) is 0 Å². The molecule has 0 saturated heterocycles. The van der Waals surface area contributed by atoms with Crippen molar-refractivity contribution in [2.75, 3.05) is 26.4 Å². The Labute approximate surface area is 104 Å². The summed E-state index contributed by atoms with van der Waals surface area (Å²) in [5, 5.41) is 34.1. The van der Waals surface area contributed by atoms with Gasteiger partial charge in [-0.15, -0.1) is 0 Å². The van der Waals surface area contributed by atoms with Gasteiger partial charge >= 0.3 is 0 Å². The summed E-state index contributed by atoms with van der Waals surface area (Å²) >= 11 is 0. The largest absolute Gasteiger partial charge is 0.394 e. The minimum absolute atomic E-state index is 0.0342. The molecule has 2 atom stereocenters. The van der Waals surface area contributed by atoms with Crippen molar-refractivity contribution in [3.05, 3.63) is 0 Å². The second kappa shape index (κ2) is 13.9. The Kier molecular flexibility index (Phi) is 15.6. The second-order valence-corrected chi connectivity index (χ2v) is 4.39. The van der Waals surface area contributed by atoms with Crippen LogP contribution in [0.4, 0.5) is 0 Å². The van der Waals surface area contributed by atoms with E-state index in [1.807, 2.05) is 0 Å². The third-order valence-corrected chi connectivity index (χ3v) is 1.91. The first kappa shape index (κ1) is 19.1. The van der Waals surface area contributed by atoms with Gasteiger partial charge in [0.1, 0.15) is 12.2 Å². The zero-order valence-corrected chi connectivity index (χ0v) is 11.2. The van der Waals surface area contributed by atoms with E-state index in [1.54, 1.807) is 0 Å². The van der Waals surface area contributed by atoms with Crippen LogP contribution in [-0.2, 0) is 4.74 Å². The number of ether oxygens (including phenoxy) is 1. The van der Waals surface area contributed by atoms with Crippen molar-refractivity contribution < 1.29 is 25.2 Å². The molecule has 0 aromatic rings. The van der Waals surface area contributed by atoms with E-state index in [4.69, 9.17) is 25.2 Å². The molecule has 2 unspecified atom stereocenters. The molecule has 0 saturated carbocycles. The molecule has 0 aromatic carbocycles. The third kappa shape index (κ3) is 18.4. The van der Waals surface area contributed by atoms with Crippen LogP contribution in [0.3, 0.4) is 0 Å². The standard InChI is InChI=1S/C6H14O5.C6H14/c7-1-5(9)3-11-4-6(10)2-8;1-4-5-6(2)3/h5-10H,1-4H2;6H,4-5H2,1-3H3. The van der Waals surface area contributed by atoms with Crippen molar-refractivity contribution in [2.45, 2.75) is 45.8 Å². The summed E-state index contributed by atoms with van der Waals surface area (Å²) in [5.74, 6) is 0.898. The van der Waals surface area contributed by atoms with Gasteiger partial charge in [-0.2, -0.15) is 0 Å². The molecule has 0 spiro atoms. The van der Waals surface area contributed by atoms with Gasteiger partial charge in [0.2, 0.25) is 0 Å².